The van der Waals surface area contributed by atoms with Gasteiger partial charge in [-0.2, -0.15) is 5.26 Å². The van der Waals surface area contributed by atoms with Crippen molar-refractivity contribution in [2.24, 2.45) is 0 Å². The predicted octanol–water partition coefficient (Wildman–Crippen LogP) is 2.99. The number of aromatic nitrogens is 1. The number of pyridine rings is 1. The van der Waals surface area contributed by atoms with Crippen LogP contribution in [0.25, 0.3) is 0 Å². The smallest absolute Gasteiger partial charge is 0.141 e. The molecule has 5 heteroatoms. The van der Waals surface area contributed by atoms with Gasteiger partial charge in [0.1, 0.15) is 17.9 Å². The number of benzene rings is 1. The Morgan fingerprint density at radius 3 is 3.00 bits per heavy atom. The van der Waals surface area contributed by atoms with Crippen molar-refractivity contribution in [3.63, 3.8) is 0 Å². The molecule has 110 valence electrons. The van der Waals surface area contributed by atoms with Crippen molar-refractivity contribution in [2.45, 2.75) is 25.4 Å². The maximum Gasteiger partial charge on any atom is 0.141 e. The zero-order chi connectivity index (χ0) is 15.5. The van der Waals surface area contributed by atoms with Gasteiger partial charge in [0.15, 0.2) is 0 Å². The van der Waals surface area contributed by atoms with E-state index in [4.69, 9.17) is 21.1 Å². The standard InChI is InChI=1S/C17H16N4O/c18-8-11-6-12-2-1-3-16(17(12)21-10-11)22-14-5-4-13(9-19)15(20)7-14/h4-7,9-10,16,19H,1-3,20H2. The monoisotopic (exact) mass is 292 g/mol. The third kappa shape index (κ3) is 2.63. The summed E-state index contributed by atoms with van der Waals surface area (Å²) in [5, 5.41) is 16.2. The van der Waals surface area contributed by atoms with E-state index in [9.17, 15) is 0 Å². The number of nitrogens with one attached hydrogen (secondary N) is 1. The molecular weight excluding hydrogens is 276 g/mol. The van der Waals surface area contributed by atoms with Gasteiger partial charge in [-0.05, 0) is 43.0 Å². The van der Waals surface area contributed by atoms with Crippen LogP contribution in [0.15, 0.2) is 30.5 Å². The first-order valence-electron chi connectivity index (χ1n) is 7.17. The Hall–Kier alpha value is -2.87. The third-order valence-corrected chi connectivity index (χ3v) is 3.84. The number of anilines is 1. The lowest BCUT2D eigenvalue weighted by atomic mass is 9.93. The Morgan fingerprint density at radius 1 is 1.41 bits per heavy atom. The lowest BCUT2D eigenvalue weighted by Gasteiger charge is -2.25. The van der Waals surface area contributed by atoms with E-state index in [0.29, 0.717) is 22.6 Å². The van der Waals surface area contributed by atoms with Crippen molar-refractivity contribution in [3.8, 4) is 11.8 Å². The molecule has 1 aromatic carbocycles. The summed E-state index contributed by atoms with van der Waals surface area (Å²) in [6.45, 7) is 0. The van der Waals surface area contributed by atoms with E-state index in [-0.39, 0.29) is 6.10 Å². The minimum atomic E-state index is -0.123. The van der Waals surface area contributed by atoms with Crippen LogP contribution in [-0.2, 0) is 6.42 Å². The summed E-state index contributed by atoms with van der Waals surface area (Å²) in [5.41, 5.74) is 9.65. The Kier molecular flexibility index (Phi) is 3.75. The van der Waals surface area contributed by atoms with Gasteiger partial charge in [0, 0.05) is 29.7 Å². The quantitative estimate of drug-likeness (QED) is 0.671. The van der Waals surface area contributed by atoms with Gasteiger partial charge in [0.05, 0.1) is 11.3 Å². The maximum absolute atomic E-state index is 8.97. The highest BCUT2D eigenvalue weighted by atomic mass is 16.5. The molecule has 1 heterocycles. The molecule has 0 fully saturated rings. The van der Waals surface area contributed by atoms with E-state index in [1.807, 2.05) is 12.1 Å². The first-order chi connectivity index (χ1) is 10.7. The molecule has 0 bridgehead atoms. The Morgan fingerprint density at radius 2 is 2.27 bits per heavy atom. The summed E-state index contributed by atoms with van der Waals surface area (Å²) in [4.78, 5) is 4.41. The number of fused-ring (bicyclic) bond motifs is 1. The topological polar surface area (TPSA) is 95.8 Å². The van der Waals surface area contributed by atoms with Crippen molar-refractivity contribution >= 4 is 11.9 Å². The molecule has 0 radical (unpaired) electrons. The molecule has 1 aromatic heterocycles. The highest BCUT2D eigenvalue weighted by Gasteiger charge is 2.23. The molecule has 0 amide bonds. The van der Waals surface area contributed by atoms with Crippen LogP contribution in [0.4, 0.5) is 5.69 Å². The highest BCUT2D eigenvalue weighted by Crippen LogP contribution is 2.33. The number of hydrogen-bond donors (Lipinski definition) is 2. The van der Waals surface area contributed by atoms with Crippen molar-refractivity contribution < 1.29 is 4.74 Å². The van der Waals surface area contributed by atoms with E-state index in [1.165, 1.54) is 6.21 Å². The molecule has 1 aliphatic carbocycles. The highest BCUT2D eigenvalue weighted by molar-refractivity contribution is 5.85. The number of nitrogens with zero attached hydrogens (tertiary/aromatic N) is 2. The van der Waals surface area contributed by atoms with Gasteiger partial charge < -0.3 is 15.9 Å². The molecule has 5 nitrogen and oxygen atoms in total. The average Bonchev–Trinajstić information content (AvgIpc) is 2.55. The molecule has 0 saturated carbocycles. The molecule has 0 saturated heterocycles. The number of nitrogens with two attached hydrogens (primary N) is 1. The minimum Gasteiger partial charge on any atom is -0.484 e. The first kappa shape index (κ1) is 14.1. The van der Waals surface area contributed by atoms with E-state index in [0.717, 1.165) is 30.5 Å². The summed E-state index contributed by atoms with van der Waals surface area (Å²) in [6.07, 6.45) is 5.50. The van der Waals surface area contributed by atoms with Gasteiger partial charge in [-0.15, -0.1) is 0 Å². The zero-order valence-electron chi connectivity index (χ0n) is 12.0. The van der Waals surface area contributed by atoms with Crippen LogP contribution in [0.5, 0.6) is 5.75 Å². The largest absolute Gasteiger partial charge is 0.484 e. The van der Waals surface area contributed by atoms with Crippen molar-refractivity contribution in [2.75, 3.05) is 5.73 Å². The number of ether oxygens (including phenoxy) is 1. The molecule has 22 heavy (non-hydrogen) atoms. The Labute approximate surface area is 128 Å². The summed E-state index contributed by atoms with van der Waals surface area (Å²) >= 11 is 0. The number of rotatable bonds is 3. The van der Waals surface area contributed by atoms with Crippen molar-refractivity contribution in [1.82, 2.24) is 4.98 Å². The van der Waals surface area contributed by atoms with Gasteiger partial charge in [0.2, 0.25) is 0 Å². The molecule has 3 rings (SSSR count). The van der Waals surface area contributed by atoms with Crippen LogP contribution in [-0.4, -0.2) is 11.2 Å². The lowest BCUT2D eigenvalue weighted by molar-refractivity contribution is 0.178. The summed E-state index contributed by atoms with van der Waals surface area (Å²) in [5.74, 6) is 0.673. The average molecular weight is 292 g/mol. The van der Waals surface area contributed by atoms with Crippen molar-refractivity contribution in [3.05, 3.63) is 52.8 Å². The van der Waals surface area contributed by atoms with Crippen molar-refractivity contribution in [1.29, 1.82) is 10.7 Å². The molecule has 1 aliphatic rings. The second kappa shape index (κ2) is 5.86. The zero-order valence-corrected chi connectivity index (χ0v) is 12.0. The van der Waals surface area contributed by atoms with Gasteiger partial charge in [-0.3, -0.25) is 4.98 Å². The first-order valence-corrected chi connectivity index (χ1v) is 7.17. The van der Waals surface area contributed by atoms with Gasteiger partial charge in [-0.25, -0.2) is 0 Å². The van der Waals surface area contributed by atoms with Crippen LogP contribution in [0.3, 0.4) is 0 Å². The second-order valence-corrected chi connectivity index (χ2v) is 5.31. The fourth-order valence-electron chi connectivity index (χ4n) is 2.72. The molecule has 0 aliphatic heterocycles. The van der Waals surface area contributed by atoms with E-state index in [1.54, 1.807) is 18.3 Å². The summed E-state index contributed by atoms with van der Waals surface area (Å²) in [7, 11) is 0. The van der Waals surface area contributed by atoms with Crippen LogP contribution < -0.4 is 10.5 Å². The Balaban J connectivity index is 1.87. The maximum atomic E-state index is 8.97. The second-order valence-electron chi connectivity index (χ2n) is 5.31. The fourth-order valence-corrected chi connectivity index (χ4v) is 2.72. The molecule has 1 unspecified atom stereocenters. The van der Waals surface area contributed by atoms with Crippen LogP contribution in [0, 0.1) is 16.7 Å². The van der Waals surface area contributed by atoms with E-state index >= 15 is 0 Å². The number of nitrogen functional groups attached to an aromatic ring is 1. The predicted molar refractivity (Wildman–Crippen MR) is 84.0 cm³/mol. The van der Waals surface area contributed by atoms with Crippen LogP contribution in [0.1, 0.15) is 41.3 Å². The third-order valence-electron chi connectivity index (χ3n) is 3.84. The lowest BCUT2D eigenvalue weighted by Crippen LogP contribution is -2.17. The summed E-state index contributed by atoms with van der Waals surface area (Å²) < 4.78 is 6.04. The number of nitriles is 1. The van der Waals surface area contributed by atoms with Gasteiger partial charge >= 0.3 is 0 Å². The number of hydrogen-bond acceptors (Lipinski definition) is 5. The molecular formula is C17H16N4O. The van der Waals surface area contributed by atoms with E-state index < -0.39 is 0 Å². The van der Waals surface area contributed by atoms with E-state index in [2.05, 4.69) is 11.1 Å². The number of aryl methyl sites for hydroxylation is 1. The molecule has 3 N–H and O–H groups in total. The van der Waals surface area contributed by atoms with Gasteiger partial charge in [0.25, 0.3) is 0 Å². The molecule has 0 spiro atoms. The van der Waals surface area contributed by atoms with Crippen LogP contribution >= 0.6 is 0 Å². The van der Waals surface area contributed by atoms with Crippen LogP contribution in [0.2, 0.25) is 0 Å². The Bertz CT molecular complexity index is 764. The SMILES string of the molecule is N#Cc1cnc2c(c1)CCCC2Oc1ccc(C=N)c(N)c1. The van der Waals surface area contributed by atoms with Gasteiger partial charge in [-0.1, -0.05) is 0 Å². The molecule has 2 aromatic rings. The summed E-state index contributed by atoms with van der Waals surface area (Å²) in [6, 6.07) is 9.33. The minimum absolute atomic E-state index is 0.123. The molecule has 1 atom stereocenters. The normalized spacial score (nSPS) is 16.4. The fraction of sp³-hybridized carbons (Fsp3) is 0.235.